The van der Waals surface area contributed by atoms with Crippen molar-refractivity contribution in [1.82, 2.24) is 19.6 Å². The Labute approximate surface area is 153 Å². The van der Waals surface area contributed by atoms with Crippen LogP contribution in [0.15, 0.2) is 30.3 Å². The van der Waals surface area contributed by atoms with E-state index in [0.717, 1.165) is 17.0 Å². The van der Waals surface area contributed by atoms with Gasteiger partial charge in [0.25, 0.3) is 0 Å². The molecule has 0 radical (unpaired) electrons. The fourth-order valence-corrected chi connectivity index (χ4v) is 4.09. The third-order valence-electron chi connectivity index (χ3n) is 5.50. The van der Waals surface area contributed by atoms with E-state index in [4.69, 9.17) is 0 Å². The Morgan fingerprint density at radius 1 is 1.12 bits per heavy atom. The molecule has 2 amide bonds. The minimum absolute atomic E-state index is 0.0477. The van der Waals surface area contributed by atoms with E-state index in [1.807, 2.05) is 41.6 Å². The van der Waals surface area contributed by atoms with E-state index in [0.29, 0.717) is 26.1 Å². The second-order valence-electron chi connectivity index (χ2n) is 7.40. The van der Waals surface area contributed by atoms with Crippen molar-refractivity contribution >= 4 is 11.8 Å². The summed E-state index contributed by atoms with van der Waals surface area (Å²) in [6.07, 6.45) is 0.593. The van der Waals surface area contributed by atoms with Crippen LogP contribution in [-0.4, -0.2) is 50.5 Å². The zero-order valence-corrected chi connectivity index (χ0v) is 15.5. The van der Waals surface area contributed by atoms with Gasteiger partial charge in [0.05, 0.1) is 11.7 Å². The van der Waals surface area contributed by atoms with Crippen molar-refractivity contribution in [2.24, 2.45) is 0 Å². The summed E-state index contributed by atoms with van der Waals surface area (Å²) in [6.45, 7) is 7.39. The second-order valence-corrected chi connectivity index (χ2v) is 7.40. The smallest absolute Gasteiger partial charge is 0.245 e. The lowest BCUT2D eigenvalue weighted by atomic mass is 9.92. The van der Waals surface area contributed by atoms with Crippen LogP contribution in [0.5, 0.6) is 0 Å². The number of fused-ring (bicyclic) bond motifs is 1. The molecule has 1 aromatic heterocycles. The average molecular weight is 352 g/mol. The van der Waals surface area contributed by atoms with E-state index in [-0.39, 0.29) is 17.9 Å². The van der Waals surface area contributed by atoms with Crippen LogP contribution < -0.4 is 0 Å². The molecule has 3 heterocycles. The predicted octanol–water partition coefficient (Wildman–Crippen LogP) is 1.86. The van der Waals surface area contributed by atoms with Gasteiger partial charge in [-0.15, -0.1) is 0 Å². The molecule has 0 spiro atoms. The SMILES string of the molecule is CC(=O)N1Cc2ccccc2CC1C(=O)N1CC(n2nc(C)cc2C)C1. The molecule has 6 heteroatoms. The highest BCUT2D eigenvalue weighted by Gasteiger charge is 2.40. The lowest BCUT2D eigenvalue weighted by molar-refractivity contribution is -0.150. The molecule has 0 bridgehead atoms. The van der Waals surface area contributed by atoms with Crippen LogP contribution in [0.4, 0.5) is 0 Å². The first-order valence-corrected chi connectivity index (χ1v) is 9.09. The molecule has 2 aromatic rings. The summed E-state index contributed by atoms with van der Waals surface area (Å²) in [4.78, 5) is 28.8. The fourth-order valence-electron chi connectivity index (χ4n) is 4.09. The number of benzene rings is 1. The van der Waals surface area contributed by atoms with E-state index in [1.165, 1.54) is 5.56 Å². The first kappa shape index (κ1) is 16.8. The van der Waals surface area contributed by atoms with Crippen molar-refractivity contribution in [3.63, 3.8) is 0 Å². The number of nitrogens with zero attached hydrogens (tertiary/aromatic N) is 4. The minimum atomic E-state index is -0.399. The Morgan fingerprint density at radius 2 is 1.81 bits per heavy atom. The van der Waals surface area contributed by atoms with Crippen molar-refractivity contribution in [3.8, 4) is 0 Å². The van der Waals surface area contributed by atoms with Gasteiger partial charge in [-0.2, -0.15) is 5.10 Å². The van der Waals surface area contributed by atoms with Gasteiger partial charge in [-0.25, -0.2) is 0 Å². The van der Waals surface area contributed by atoms with Crippen molar-refractivity contribution in [2.45, 2.75) is 45.8 Å². The lowest BCUT2D eigenvalue weighted by Gasteiger charge is -2.44. The van der Waals surface area contributed by atoms with Gasteiger partial charge < -0.3 is 9.80 Å². The Morgan fingerprint density at radius 3 is 2.42 bits per heavy atom. The van der Waals surface area contributed by atoms with E-state index in [2.05, 4.69) is 17.2 Å². The maximum Gasteiger partial charge on any atom is 0.245 e. The fraction of sp³-hybridized carbons (Fsp3) is 0.450. The second kappa shape index (κ2) is 6.27. The molecule has 1 aromatic carbocycles. The molecule has 2 aliphatic rings. The maximum atomic E-state index is 13.1. The predicted molar refractivity (Wildman–Crippen MR) is 97.5 cm³/mol. The molecule has 4 rings (SSSR count). The van der Waals surface area contributed by atoms with Crippen molar-refractivity contribution < 1.29 is 9.59 Å². The lowest BCUT2D eigenvalue weighted by Crippen LogP contribution is -2.59. The van der Waals surface area contributed by atoms with Crippen molar-refractivity contribution in [1.29, 1.82) is 0 Å². The minimum Gasteiger partial charge on any atom is -0.336 e. The zero-order chi connectivity index (χ0) is 18.4. The zero-order valence-electron chi connectivity index (χ0n) is 15.5. The van der Waals surface area contributed by atoms with Gasteiger partial charge in [-0.05, 0) is 31.0 Å². The number of aryl methyl sites for hydroxylation is 2. The largest absolute Gasteiger partial charge is 0.336 e. The van der Waals surface area contributed by atoms with Gasteiger partial charge in [-0.3, -0.25) is 14.3 Å². The van der Waals surface area contributed by atoms with E-state index >= 15 is 0 Å². The number of carbonyl (C=O) groups is 2. The average Bonchev–Trinajstić information content (AvgIpc) is 2.90. The van der Waals surface area contributed by atoms with Gasteiger partial charge in [0.15, 0.2) is 0 Å². The molecule has 0 N–H and O–H groups in total. The summed E-state index contributed by atoms with van der Waals surface area (Å²) in [5.74, 6) is 0.000885. The summed E-state index contributed by atoms with van der Waals surface area (Å²) in [5, 5.41) is 4.53. The monoisotopic (exact) mass is 352 g/mol. The van der Waals surface area contributed by atoms with Crippen LogP contribution >= 0.6 is 0 Å². The van der Waals surface area contributed by atoms with Gasteiger partial charge in [-0.1, -0.05) is 24.3 Å². The maximum absolute atomic E-state index is 13.1. The van der Waals surface area contributed by atoms with Gasteiger partial charge in [0, 0.05) is 38.7 Å². The quantitative estimate of drug-likeness (QED) is 0.829. The molecule has 1 saturated heterocycles. The topological polar surface area (TPSA) is 58.4 Å². The summed E-state index contributed by atoms with van der Waals surface area (Å²) in [6, 6.07) is 9.95. The molecular weight excluding hydrogens is 328 g/mol. The van der Waals surface area contributed by atoms with E-state index in [1.54, 1.807) is 11.8 Å². The molecule has 26 heavy (non-hydrogen) atoms. The van der Waals surface area contributed by atoms with Crippen molar-refractivity contribution in [3.05, 3.63) is 52.8 Å². The number of hydrogen-bond donors (Lipinski definition) is 0. The Bertz CT molecular complexity index is 866. The summed E-state index contributed by atoms with van der Waals surface area (Å²) in [7, 11) is 0. The number of aromatic nitrogens is 2. The van der Waals surface area contributed by atoms with Crippen LogP contribution in [0, 0.1) is 13.8 Å². The molecule has 0 aliphatic carbocycles. The van der Waals surface area contributed by atoms with Crippen LogP contribution in [0.3, 0.4) is 0 Å². The van der Waals surface area contributed by atoms with Crippen molar-refractivity contribution in [2.75, 3.05) is 13.1 Å². The van der Waals surface area contributed by atoms with Gasteiger partial charge in [0.2, 0.25) is 11.8 Å². The van der Waals surface area contributed by atoms with E-state index < -0.39 is 6.04 Å². The highest BCUT2D eigenvalue weighted by Crippen LogP contribution is 2.28. The highest BCUT2D eigenvalue weighted by atomic mass is 16.2. The summed E-state index contributed by atoms with van der Waals surface area (Å²) in [5.41, 5.74) is 4.42. The first-order chi connectivity index (χ1) is 12.4. The molecule has 136 valence electrons. The summed E-state index contributed by atoms with van der Waals surface area (Å²) >= 11 is 0. The van der Waals surface area contributed by atoms with Crippen LogP contribution in [0.1, 0.15) is 35.5 Å². The Balaban J connectivity index is 1.49. The van der Waals surface area contributed by atoms with E-state index in [9.17, 15) is 9.59 Å². The Hall–Kier alpha value is -2.63. The highest BCUT2D eigenvalue weighted by molar-refractivity contribution is 5.88. The molecule has 1 fully saturated rings. The Kier molecular flexibility index (Phi) is 4.05. The number of rotatable bonds is 2. The third-order valence-corrected chi connectivity index (χ3v) is 5.50. The van der Waals surface area contributed by atoms with Crippen LogP contribution in [0.2, 0.25) is 0 Å². The number of carbonyl (C=O) groups excluding carboxylic acids is 2. The first-order valence-electron chi connectivity index (χ1n) is 9.09. The number of amides is 2. The number of hydrogen-bond acceptors (Lipinski definition) is 3. The molecule has 6 nitrogen and oxygen atoms in total. The molecule has 0 saturated carbocycles. The molecule has 1 unspecified atom stereocenters. The molecule has 2 aliphatic heterocycles. The van der Waals surface area contributed by atoms with Gasteiger partial charge in [0.1, 0.15) is 6.04 Å². The van der Waals surface area contributed by atoms with Crippen LogP contribution in [-0.2, 0) is 22.6 Å². The third kappa shape index (κ3) is 2.79. The molecule has 1 atom stereocenters. The number of likely N-dealkylation sites (tertiary alicyclic amines) is 1. The summed E-state index contributed by atoms with van der Waals surface area (Å²) < 4.78 is 2.01. The standard InChI is InChI=1S/C20H24N4O2/c1-13-8-14(2)24(21-13)18-11-22(12-18)20(26)19-9-16-6-4-5-7-17(16)10-23(19)15(3)25/h4-8,18-19H,9-12H2,1-3H3. The normalized spacial score (nSPS) is 19.9. The molecular formula is C20H24N4O2. The van der Waals surface area contributed by atoms with Gasteiger partial charge >= 0.3 is 0 Å². The van der Waals surface area contributed by atoms with Crippen LogP contribution in [0.25, 0.3) is 0 Å².